The summed E-state index contributed by atoms with van der Waals surface area (Å²) in [6.45, 7) is 0. The maximum absolute atomic E-state index is 13.3. The van der Waals surface area contributed by atoms with E-state index in [1.54, 1.807) is 18.2 Å². The van der Waals surface area contributed by atoms with Gasteiger partial charge in [0.05, 0.1) is 22.9 Å². The van der Waals surface area contributed by atoms with Crippen molar-refractivity contribution in [3.63, 3.8) is 0 Å². The largest absolute Gasteiger partial charge is 0.507 e. The Morgan fingerprint density at radius 3 is 2.26 bits per heavy atom. The number of phenolic OH excluding ortho intramolecular Hbond substituents is 1. The van der Waals surface area contributed by atoms with Gasteiger partial charge in [0.1, 0.15) is 11.6 Å². The Bertz CT molecular complexity index is 1510. The normalized spacial score (nSPS) is 20.7. The number of hydrogen-bond acceptors (Lipinski definition) is 3. The molecular weight excluding hydrogens is 437 g/mol. The number of nitrogens with zero attached hydrogens (tertiary/aromatic N) is 2. The standard InChI is InChI=1S/C28H19F3N2O/c29-28(30,31)17-13-15-18(16-14-17)33-26-22-10-4-2-8-20(22)19-7-1-3-9-21(19)25(26)32-27(33)23-11-5-6-12-24(23)34/h1-16,22,26,34H. The van der Waals surface area contributed by atoms with Crippen molar-refractivity contribution < 1.29 is 18.3 Å². The number of benzene rings is 3. The van der Waals surface area contributed by atoms with Crippen molar-refractivity contribution in [2.24, 2.45) is 10.9 Å². The predicted molar refractivity (Wildman–Crippen MR) is 127 cm³/mol. The molecule has 0 saturated carbocycles. The molecule has 2 aliphatic carbocycles. The number of phenols is 1. The van der Waals surface area contributed by atoms with E-state index < -0.39 is 11.7 Å². The number of para-hydroxylation sites is 1. The Morgan fingerprint density at radius 2 is 1.53 bits per heavy atom. The molecule has 6 heteroatoms. The predicted octanol–water partition coefficient (Wildman–Crippen LogP) is 4.76. The maximum Gasteiger partial charge on any atom is 0.416 e. The van der Waals surface area contributed by atoms with Gasteiger partial charge in [-0.05, 0) is 47.2 Å². The molecule has 0 amide bonds. The molecule has 2 unspecified atom stereocenters. The molecule has 0 aromatic heterocycles. The first-order valence-electron chi connectivity index (χ1n) is 11.0. The number of anilines is 1. The van der Waals surface area contributed by atoms with E-state index >= 15 is 0 Å². The summed E-state index contributed by atoms with van der Waals surface area (Å²) in [4.78, 5) is 6.96. The minimum absolute atomic E-state index is 0.0516. The van der Waals surface area contributed by atoms with Crippen LogP contribution in [0.3, 0.4) is 0 Å². The summed E-state index contributed by atoms with van der Waals surface area (Å²) < 4.78 is 39.8. The fraction of sp³-hybridized carbons (Fsp3) is 0.107. The molecule has 3 aromatic rings. The second kappa shape index (κ2) is 7.48. The smallest absolute Gasteiger partial charge is 0.416 e. The lowest BCUT2D eigenvalue weighted by molar-refractivity contribution is -0.137. The van der Waals surface area contributed by atoms with E-state index in [0.717, 1.165) is 33.8 Å². The van der Waals surface area contributed by atoms with Crippen LogP contribution in [-0.2, 0) is 6.18 Å². The number of rotatable bonds is 2. The van der Waals surface area contributed by atoms with Crippen LogP contribution in [0, 0.1) is 5.92 Å². The average Bonchev–Trinajstić information content (AvgIpc) is 3.25. The fourth-order valence-corrected chi connectivity index (χ4v) is 5.05. The molecule has 6 rings (SSSR count). The van der Waals surface area contributed by atoms with Crippen LogP contribution in [-0.4, -0.2) is 17.0 Å². The van der Waals surface area contributed by atoms with Gasteiger partial charge in [0.2, 0.25) is 0 Å². The molecule has 0 radical (unpaired) electrons. The van der Waals surface area contributed by atoms with Crippen LogP contribution in [0.2, 0.25) is 0 Å². The third kappa shape index (κ3) is 3.10. The van der Waals surface area contributed by atoms with E-state index in [4.69, 9.17) is 4.99 Å². The molecule has 2 atom stereocenters. The summed E-state index contributed by atoms with van der Waals surface area (Å²) in [7, 11) is 0. The second-order valence-corrected chi connectivity index (χ2v) is 8.47. The highest BCUT2D eigenvalue weighted by Crippen LogP contribution is 2.42. The van der Waals surface area contributed by atoms with Crippen molar-refractivity contribution in [2.45, 2.75) is 12.2 Å². The molecule has 0 bridgehead atoms. The summed E-state index contributed by atoms with van der Waals surface area (Å²) >= 11 is 0. The summed E-state index contributed by atoms with van der Waals surface area (Å²) in [6.07, 6.45) is 3.76. The Balaban J connectivity index is 1.63. The number of halogens is 3. The molecule has 1 aliphatic heterocycles. The van der Waals surface area contributed by atoms with Crippen molar-refractivity contribution in [3.8, 4) is 5.75 Å². The van der Waals surface area contributed by atoms with E-state index in [-0.39, 0.29) is 17.7 Å². The van der Waals surface area contributed by atoms with E-state index in [0.29, 0.717) is 17.1 Å². The van der Waals surface area contributed by atoms with Gasteiger partial charge in [0.25, 0.3) is 0 Å². The topological polar surface area (TPSA) is 35.8 Å². The fourth-order valence-electron chi connectivity index (χ4n) is 5.05. The quantitative estimate of drug-likeness (QED) is 0.604. The Kier molecular flexibility index (Phi) is 4.52. The zero-order chi connectivity index (χ0) is 23.4. The van der Waals surface area contributed by atoms with Gasteiger partial charge < -0.3 is 10.0 Å². The van der Waals surface area contributed by atoms with Crippen molar-refractivity contribution in [2.75, 3.05) is 4.90 Å². The first-order valence-corrected chi connectivity index (χ1v) is 11.0. The van der Waals surface area contributed by atoms with E-state index in [1.807, 2.05) is 41.3 Å². The molecule has 34 heavy (non-hydrogen) atoms. The lowest BCUT2D eigenvalue weighted by Crippen LogP contribution is -2.48. The number of amidine groups is 1. The molecule has 0 fully saturated rings. The maximum atomic E-state index is 13.3. The van der Waals surface area contributed by atoms with Gasteiger partial charge in [-0.15, -0.1) is 0 Å². The zero-order valence-corrected chi connectivity index (χ0v) is 17.9. The minimum atomic E-state index is -4.42. The van der Waals surface area contributed by atoms with Crippen LogP contribution in [0.15, 0.2) is 102 Å². The Hall–Kier alpha value is -4.06. The first-order chi connectivity index (χ1) is 16.4. The molecule has 3 nitrogen and oxygen atoms in total. The van der Waals surface area contributed by atoms with Gasteiger partial charge in [-0.25, -0.2) is 4.99 Å². The third-order valence-electron chi connectivity index (χ3n) is 6.55. The lowest BCUT2D eigenvalue weighted by atomic mass is 9.80. The summed E-state index contributed by atoms with van der Waals surface area (Å²) in [6, 6.07) is 19.8. The Morgan fingerprint density at radius 1 is 0.824 bits per heavy atom. The molecule has 0 spiro atoms. The van der Waals surface area contributed by atoms with Crippen LogP contribution >= 0.6 is 0 Å². The van der Waals surface area contributed by atoms with Crippen LogP contribution in [0.25, 0.3) is 11.3 Å². The molecule has 3 aliphatic rings. The van der Waals surface area contributed by atoms with E-state index in [1.165, 1.54) is 12.1 Å². The number of fused-ring (bicyclic) bond motifs is 4. The highest BCUT2D eigenvalue weighted by molar-refractivity contribution is 6.17. The highest BCUT2D eigenvalue weighted by Gasteiger charge is 2.43. The molecule has 168 valence electrons. The monoisotopic (exact) mass is 456 g/mol. The average molecular weight is 456 g/mol. The zero-order valence-electron chi connectivity index (χ0n) is 17.9. The van der Waals surface area contributed by atoms with E-state index in [2.05, 4.69) is 18.2 Å². The number of aliphatic imine (C=N–C) groups is 1. The van der Waals surface area contributed by atoms with E-state index in [9.17, 15) is 18.3 Å². The van der Waals surface area contributed by atoms with Crippen LogP contribution in [0.1, 0.15) is 11.1 Å². The van der Waals surface area contributed by atoms with Crippen molar-refractivity contribution in [3.05, 3.63) is 119 Å². The van der Waals surface area contributed by atoms with Crippen LogP contribution < -0.4 is 15.3 Å². The van der Waals surface area contributed by atoms with Gasteiger partial charge in [-0.3, -0.25) is 0 Å². The molecule has 0 saturated heterocycles. The summed E-state index contributed by atoms with van der Waals surface area (Å²) in [5.41, 5.74) is 2.37. The Labute approximate surface area is 193 Å². The molecule has 1 N–H and O–H groups in total. The van der Waals surface area contributed by atoms with Gasteiger partial charge in [-0.2, -0.15) is 13.2 Å². The summed E-state index contributed by atoms with van der Waals surface area (Å²) in [5, 5.41) is 12.7. The van der Waals surface area contributed by atoms with Gasteiger partial charge in [-0.1, -0.05) is 60.7 Å². The van der Waals surface area contributed by atoms with Crippen LogP contribution in [0.5, 0.6) is 5.75 Å². The number of aromatic hydroxyl groups is 1. The number of hydrogen-bond donors (Lipinski definition) is 1. The van der Waals surface area contributed by atoms with Gasteiger partial charge in [0, 0.05) is 16.8 Å². The van der Waals surface area contributed by atoms with Crippen molar-refractivity contribution in [1.82, 2.24) is 0 Å². The second-order valence-electron chi connectivity index (χ2n) is 8.47. The SMILES string of the molecule is Oc1ccccc1C1=NC2=c3ccccc3=C3C=CC=CC3C2N1c1ccc(C(F)(F)F)cc1. The van der Waals surface area contributed by atoms with Gasteiger partial charge >= 0.3 is 6.18 Å². The lowest BCUT2D eigenvalue weighted by Gasteiger charge is -2.36. The van der Waals surface area contributed by atoms with Crippen LogP contribution in [0.4, 0.5) is 18.9 Å². The van der Waals surface area contributed by atoms with Crippen molar-refractivity contribution in [1.29, 1.82) is 0 Å². The van der Waals surface area contributed by atoms with Crippen molar-refractivity contribution >= 4 is 22.8 Å². The molecule has 1 heterocycles. The first kappa shape index (κ1) is 20.5. The molecule has 3 aromatic carbocycles. The summed E-state index contributed by atoms with van der Waals surface area (Å²) in [5.74, 6) is 0.523. The highest BCUT2D eigenvalue weighted by atomic mass is 19.4. The molecular formula is C28H19F3N2O. The van der Waals surface area contributed by atoms with Gasteiger partial charge in [0.15, 0.2) is 0 Å². The minimum Gasteiger partial charge on any atom is -0.507 e. The number of allylic oxidation sites excluding steroid dienone is 3. The third-order valence-corrected chi connectivity index (χ3v) is 6.55. The number of alkyl halides is 3.